The van der Waals surface area contributed by atoms with Crippen LogP contribution in [-0.4, -0.2) is 23.5 Å². The van der Waals surface area contributed by atoms with Crippen LogP contribution in [0.3, 0.4) is 0 Å². The van der Waals surface area contributed by atoms with E-state index in [2.05, 4.69) is 5.32 Å². The van der Waals surface area contributed by atoms with Crippen LogP contribution >= 0.6 is 34.5 Å². The van der Waals surface area contributed by atoms with E-state index in [0.717, 1.165) is 24.2 Å². The third-order valence-corrected chi connectivity index (χ3v) is 4.89. The monoisotopic (exact) mass is 321 g/mol. The van der Waals surface area contributed by atoms with Gasteiger partial charge in [-0.15, -0.1) is 11.3 Å². The largest absolute Gasteiger partial charge is 0.481 e. The Balaban J connectivity index is 1.94. The van der Waals surface area contributed by atoms with E-state index in [1.165, 1.54) is 6.07 Å². The number of carbonyl (C=O) groups is 2. The Kier molecular flexibility index (Phi) is 4.71. The molecule has 0 aliphatic heterocycles. The molecule has 1 aromatic heterocycles. The average Bonchev–Trinajstić information content (AvgIpc) is 2.92. The van der Waals surface area contributed by atoms with E-state index in [-0.39, 0.29) is 17.7 Å². The molecular weight excluding hydrogens is 309 g/mol. The van der Waals surface area contributed by atoms with Gasteiger partial charge in [0.2, 0.25) is 0 Å². The van der Waals surface area contributed by atoms with E-state index in [1.807, 2.05) is 0 Å². The van der Waals surface area contributed by atoms with E-state index in [9.17, 15) is 9.59 Å². The molecule has 1 aliphatic rings. The summed E-state index contributed by atoms with van der Waals surface area (Å²) >= 11 is 12.8. The molecule has 19 heavy (non-hydrogen) atoms. The van der Waals surface area contributed by atoms with Crippen molar-refractivity contribution in [3.8, 4) is 0 Å². The lowest BCUT2D eigenvalue weighted by Crippen LogP contribution is -2.32. The smallest absolute Gasteiger partial charge is 0.306 e. The molecule has 1 fully saturated rings. The number of halogens is 2. The summed E-state index contributed by atoms with van der Waals surface area (Å²) in [6, 6.07) is 1.52. The van der Waals surface area contributed by atoms with E-state index in [1.54, 1.807) is 0 Å². The second kappa shape index (κ2) is 6.11. The van der Waals surface area contributed by atoms with Crippen molar-refractivity contribution in [1.29, 1.82) is 0 Å². The van der Waals surface area contributed by atoms with E-state index < -0.39 is 5.97 Å². The summed E-state index contributed by atoms with van der Waals surface area (Å²) in [5, 5.41) is 11.8. The molecule has 2 unspecified atom stereocenters. The second-order valence-electron chi connectivity index (χ2n) is 4.58. The molecule has 0 bridgehead atoms. The Labute approximate surface area is 124 Å². The highest BCUT2D eigenvalue weighted by atomic mass is 35.5. The maximum absolute atomic E-state index is 11.9. The lowest BCUT2D eigenvalue weighted by Gasteiger charge is -2.16. The Morgan fingerprint density at radius 1 is 1.42 bits per heavy atom. The van der Waals surface area contributed by atoms with Gasteiger partial charge in [0, 0.05) is 6.54 Å². The lowest BCUT2D eigenvalue weighted by molar-refractivity contribution is -0.142. The number of aliphatic carboxylic acids is 1. The fraction of sp³-hybridized carbons (Fsp3) is 0.500. The van der Waals surface area contributed by atoms with E-state index >= 15 is 0 Å². The van der Waals surface area contributed by atoms with Crippen LogP contribution in [0.15, 0.2) is 6.07 Å². The molecule has 7 heteroatoms. The van der Waals surface area contributed by atoms with Crippen LogP contribution in [0.5, 0.6) is 0 Å². The fourth-order valence-electron chi connectivity index (χ4n) is 2.42. The van der Waals surface area contributed by atoms with Crippen LogP contribution in [0, 0.1) is 11.8 Å². The maximum atomic E-state index is 11.9. The summed E-state index contributed by atoms with van der Waals surface area (Å²) in [5.41, 5.74) is 0.349. The van der Waals surface area contributed by atoms with Gasteiger partial charge in [-0.05, 0) is 24.8 Å². The molecule has 0 spiro atoms. The highest BCUT2D eigenvalue weighted by molar-refractivity contribution is 7.20. The van der Waals surface area contributed by atoms with Gasteiger partial charge in [0.1, 0.15) is 4.34 Å². The summed E-state index contributed by atoms with van der Waals surface area (Å²) in [6.07, 6.45) is 2.40. The molecule has 2 N–H and O–H groups in total. The Morgan fingerprint density at radius 3 is 2.74 bits per heavy atom. The molecule has 1 amide bonds. The van der Waals surface area contributed by atoms with Crippen molar-refractivity contribution in [2.75, 3.05) is 6.54 Å². The minimum Gasteiger partial charge on any atom is -0.481 e. The molecule has 1 aliphatic carbocycles. The van der Waals surface area contributed by atoms with Crippen molar-refractivity contribution in [2.24, 2.45) is 11.8 Å². The van der Waals surface area contributed by atoms with Crippen molar-refractivity contribution < 1.29 is 14.7 Å². The Morgan fingerprint density at radius 2 is 2.16 bits per heavy atom. The topological polar surface area (TPSA) is 66.4 Å². The summed E-state index contributed by atoms with van der Waals surface area (Å²) in [4.78, 5) is 23.0. The first-order valence-electron chi connectivity index (χ1n) is 5.95. The molecule has 4 nitrogen and oxygen atoms in total. The number of hydrogen-bond donors (Lipinski definition) is 2. The zero-order valence-corrected chi connectivity index (χ0v) is 12.3. The minimum absolute atomic E-state index is 0.00525. The highest BCUT2D eigenvalue weighted by Crippen LogP contribution is 2.33. The SMILES string of the molecule is O=C(NCC1CCCC1C(=O)O)c1cc(Cl)sc1Cl. The van der Waals surface area contributed by atoms with Crippen LogP contribution in [0.2, 0.25) is 8.67 Å². The molecule has 0 radical (unpaired) electrons. The van der Waals surface area contributed by atoms with Crippen molar-refractivity contribution in [3.63, 3.8) is 0 Å². The van der Waals surface area contributed by atoms with E-state index in [0.29, 0.717) is 27.2 Å². The number of nitrogens with one attached hydrogen (secondary N) is 1. The molecular formula is C12H13Cl2NO3S. The van der Waals surface area contributed by atoms with Gasteiger partial charge in [0.25, 0.3) is 5.91 Å². The van der Waals surface area contributed by atoms with Crippen molar-refractivity contribution in [1.82, 2.24) is 5.32 Å². The van der Waals surface area contributed by atoms with Crippen LogP contribution in [0.25, 0.3) is 0 Å². The van der Waals surface area contributed by atoms with Crippen molar-refractivity contribution in [3.05, 3.63) is 20.3 Å². The quantitative estimate of drug-likeness (QED) is 0.894. The third kappa shape index (κ3) is 3.41. The predicted octanol–water partition coefficient (Wildman–Crippen LogP) is 3.29. The summed E-state index contributed by atoms with van der Waals surface area (Å²) in [7, 11) is 0. The van der Waals surface area contributed by atoms with Gasteiger partial charge in [-0.2, -0.15) is 0 Å². The van der Waals surface area contributed by atoms with Crippen LogP contribution < -0.4 is 5.32 Å². The first-order valence-corrected chi connectivity index (χ1v) is 7.52. The number of carboxylic acids is 1. The van der Waals surface area contributed by atoms with Gasteiger partial charge in [0.05, 0.1) is 15.8 Å². The molecule has 1 aromatic rings. The molecule has 1 saturated carbocycles. The highest BCUT2D eigenvalue weighted by Gasteiger charge is 2.33. The molecule has 0 aromatic carbocycles. The number of amides is 1. The summed E-state index contributed by atoms with van der Waals surface area (Å²) < 4.78 is 0.808. The zero-order valence-electron chi connectivity index (χ0n) is 9.99. The van der Waals surface area contributed by atoms with Gasteiger partial charge in [-0.3, -0.25) is 9.59 Å². The number of rotatable bonds is 4. The Bertz CT molecular complexity index is 503. The third-order valence-electron chi connectivity index (χ3n) is 3.40. The van der Waals surface area contributed by atoms with Gasteiger partial charge in [0.15, 0.2) is 0 Å². The molecule has 1 heterocycles. The molecule has 2 rings (SSSR count). The van der Waals surface area contributed by atoms with Gasteiger partial charge < -0.3 is 10.4 Å². The normalized spacial score (nSPS) is 22.4. The predicted molar refractivity (Wildman–Crippen MR) is 75.1 cm³/mol. The van der Waals surface area contributed by atoms with Crippen molar-refractivity contribution in [2.45, 2.75) is 19.3 Å². The minimum atomic E-state index is -0.784. The fourth-order valence-corrected chi connectivity index (χ4v) is 3.88. The van der Waals surface area contributed by atoms with Crippen LogP contribution in [0.4, 0.5) is 0 Å². The lowest BCUT2D eigenvalue weighted by atomic mass is 9.96. The molecule has 2 atom stereocenters. The maximum Gasteiger partial charge on any atom is 0.306 e. The Hall–Kier alpha value is -0.780. The average molecular weight is 322 g/mol. The number of carbonyl (C=O) groups excluding carboxylic acids is 1. The van der Waals surface area contributed by atoms with Gasteiger partial charge in [-0.1, -0.05) is 29.6 Å². The van der Waals surface area contributed by atoms with Crippen LogP contribution in [-0.2, 0) is 4.79 Å². The number of hydrogen-bond acceptors (Lipinski definition) is 3. The summed E-state index contributed by atoms with van der Waals surface area (Å²) in [5.74, 6) is -1.45. The molecule has 104 valence electrons. The molecule has 0 saturated heterocycles. The summed E-state index contributed by atoms with van der Waals surface area (Å²) in [6.45, 7) is 0.361. The number of thiophene rings is 1. The zero-order chi connectivity index (χ0) is 14.0. The van der Waals surface area contributed by atoms with Gasteiger partial charge in [-0.25, -0.2) is 0 Å². The van der Waals surface area contributed by atoms with Crippen LogP contribution in [0.1, 0.15) is 29.6 Å². The van der Waals surface area contributed by atoms with Crippen molar-refractivity contribution >= 4 is 46.4 Å². The number of carboxylic acid groups (broad SMARTS) is 1. The second-order valence-corrected chi connectivity index (χ2v) is 6.87. The first kappa shape index (κ1) is 14.6. The first-order chi connectivity index (χ1) is 8.99. The standard InChI is InChI=1S/C12H13Cl2NO3S/c13-9-4-8(10(14)19-9)11(16)15-5-6-2-1-3-7(6)12(17)18/h4,6-7H,1-3,5H2,(H,15,16)(H,17,18). The van der Waals surface area contributed by atoms with E-state index in [4.69, 9.17) is 28.3 Å². The van der Waals surface area contributed by atoms with Gasteiger partial charge >= 0.3 is 5.97 Å².